The van der Waals surface area contributed by atoms with E-state index in [2.05, 4.69) is 6.58 Å². The lowest BCUT2D eigenvalue weighted by Gasteiger charge is -2.13. The Morgan fingerprint density at radius 2 is 2.27 bits per heavy atom. The van der Waals surface area contributed by atoms with Crippen molar-refractivity contribution in [2.24, 2.45) is 0 Å². The maximum Gasteiger partial charge on any atom is 0.303 e. The molecule has 0 fully saturated rings. The third kappa shape index (κ3) is 3.46. The third-order valence-electron chi connectivity index (χ3n) is 2.21. The number of hydrogen-bond acceptors (Lipinski definition) is 2. The highest BCUT2D eigenvalue weighted by Gasteiger charge is 2.14. The molecule has 2 N–H and O–H groups in total. The van der Waals surface area contributed by atoms with Crippen molar-refractivity contribution in [1.82, 2.24) is 0 Å². The van der Waals surface area contributed by atoms with Crippen LogP contribution in [0.15, 0.2) is 36.9 Å². The van der Waals surface area contributed by atoms with Gasteiger partial charge in [-0.2, -0.15) is 0 Å². The van der Waals surface area contributed by atoms with Gasteiger partial charge in [0.15, 0.2) is 0 Å². The molecule has 0 radical (unpaired) electrons. The first-order valence-electron chi connectivity index (χ1n) is 4.75. The minimum Gasteiger partial charge on any atom is -0.508 e. The fourth-order valence-electron chi connectivity index (χ4n) is 1.53. The van der Waals surface area contributed by atoms with Gasteiger partial charge in [-0.15, -0.1) is 6.58 Å². The number of carboxylic acids is 1. The molecule has 3 nitrogen and oxygen atoms in total. The van der Waals surface area contributed by atoms with Gasteiger partial charge in [0.05, 0.1) is 6.42 Å². The Morgan fingerprint density at radius 3 is 2.80 bits per heavy atom. The molecule has 0 aliphatic heterocycles. The molecule has 1 aromatic rings. The molecule has 0 saturated heterocycles. The molecule has 15 heavy (non-hydrogen) atoms. The van der Waals surface area contributed by atoms with Gasteiger partial charge in [0.2, 0.25) is 0 Å². The first-order valence-corrected chi connectivity index (χ1v) is 4.75. The molecule has 0 bridgehead atoms. The number of aliphatic carboxylic acids is 1. The van der Waals surface area contributed by atoms with Gasteiger partial charge >= 0.3 is 5.97 Å². The molecule has 0 spiro atoms. The van der Waals surface area contributed by atoms with Crippen molar-refractivity contribution in [1.29, 1.82) is 0 Å². The average molecular weight is 206 g/mol. The smallest absolute Gasteiger partial charge is 0.303 e. The number of hydrogen-bond donors (Lipinski definition) is 2. The zero-order valence-electron chi connectivity index (χ0n) is 8.39. The molecule has 1 atom stereocenters. The summed E-state index contributed by atoms with van der Waals surface area (Å²) in [5, 5.41) is 18.0. The van der Waals surface area contributed by atoms with Gasteiger partial charge < -0.3 is 10.2 Å². The molecule has 1 aromatic carbocycles. The van der Waals surface area contributed by atoms with Gasteiger partial charge in [-0.05, 0) is 30.0 Å². The van der Waals surface area contributed by atoms with Crippen LogP contribution < -0.4 is 0 Å². The molecule has 0 aliphatic rings. The second-order valence-electron chi connectivity index (χ2n) is 3.41. The van der Waals surface area contributed by atoms with E-state index in [9.17, 15) is 9.90 Å². The lowest BCUT2D eigenvalue weighted by atomic mass is 9.92. The average Bonchev–Trinajstić information content (AvgIpc) is 2.16. The highest BCUT2D eigenvalue weighted by Crippen LogP contribution is 2.26. The number of carboxylic acid groups (broad SMARTS) is 1. The Bertz CT molecular complexity index is 358. The summed E-state index contributed by atoms with van der Waals surface area (Å²) >= 11 is 0. The topological polar surface area (TPSA) is 57.5 Å². The van der Waals surface area contributed by atoms with E-state index >= 15 is 0 Å². The molecule has 0 unspecified atom stereocenters. The van der Waals surface area contributed by atoms with E-state index in [0.29, 0.717) is 6.42 Å². The van der Waals surface area contributed by atoms with Gasteiger partial charge in [-0.25, -0.2) is 0 Å². The van der Waals surface area contributed by atoms with E-state index in [1.54, 1.807) is 24.3 Å². The van der Waals surface area contributed by atoms with Crippen LogP contribution in [0.2, 0.25) is 0 Å². The van der Waals surface area contributed by atoms with Crippen LogP contribution in [0.5, 0.6) is 5.75 Å². The van der Waals surface area contributed by atoms with E-state index in [0.717, 1.165) is 5.56 Å². The summed E-state index contributed by atoms with van der Waals surface area (Å²) < 4.78 is 0. The van der Waals surface area contributed by atoms with Crippen LogP contribution in [0.1, 0.15) is 24.3 Å². The maximum absolute atomic E-state index is 10.6. The van der Waals surface area contributed by atoms with Crippen molar-refractivity contribution < 1.29 is 15.0 Å². The predicted molar refractivity (Wildman–Crippen MR) is 57.9 cm³/mol. The van der Waals surface area contributed by atoms with Crippen molar-refractivity contribution in [3.8, 4) is 5.75 Å². The summed E-state index contributed by atoms with van der Waals surface area (Å²) in [6.45, 7) is 3.60. The fourth-order valence-corrected chi connectivity index (χ4v) is 1.53. The summed E-state index contributed by atoms with van der Waals surface area (Å²) in [6.07, 6.45) is 2.34. The normalized spacial score (nSPS) is 12.0. The highest BCUT2D eigenvalue weighted by molar-refractivity contribution is 5.68. The number of allylic oxidation sites excluding steroid dienone is 1. The second-order valence-corrected chi connectivity index (χ2v) is 3.41. The largest absolute Gasteiger partial charge is 0.508 e. The van der Waals surface area contributed by atoms with Gasteiger partial charge in [-0.3, -0.25) is 4.79 Å². The SMILES string of the molecule is C=CC[C@H](CC(=O)O)c1cccc(O)c1. The molecule has 0 aromatic heterocycles. The zero-order chi connectivity index (χ0) is 11.3. The highest BCUT2D eigenvalue weighted by atomic mass is 16.4. The summed E-state index contributed by atoms with van der Waals surface area (Å²) in [6, 6.07) is 6.69. The quantitative estimate of drug-likeness (QED) is 0.728. The minimum atomic E-state index is -0.842. The van der Waals surface area contributed by atoms with Crippen LogP contribution >= 0.6 is 0 Å². The molecule has 0 aliphatic carbocycles. The standard InChI is InChI=1S/C12H14O3/c1-2-4-9(8-12(14)15)10-5-3-6-11(13)7-10/h2-3,5-7,9,13H,1,4,8H2,(H,14,15)/t9-/m1/s1. The third-order valence-corrected chi connectivity index (χ3v) is 2.21. The maximum atomic E-state index is 10.6. The van der Waals surface area contributed by atoms with Crippen molar-refractivity contribution >= 4 is 5.97 Å². The van der Waals surface area contributed by atoms with Gasteiger partial charge in [0, 0.05) is 0 Å². The molecular formula is C12H14O3. The van der Waals surface area contributed by atoms with E-state index < -0.39 is 5.97 Å². The van der Waals surface area contributed by atoms with Crippen molar-refractivity contribution in [3.63, 3.8) is 0 Å². The van der Waals surface area contributed by atoms with Crippen LogP contribution in [-0.2, 0) is 4.79 Å². The monoisotopic (exact) mass is 206 g/mol. The lowest BCUT2D eigenvalue weighted by molar-refractivity contribution is -0.137. The molecule has 0 saturated carbocycles. The Hall–Kier alpha value is -1.77. The second kappa shape index (κ2) is 5.20. The summed E-state index contributed by atoms with van der Waals surface area (Å²) in [7, 11) is 0. The molecule has 3 heteroatoms. The number of aromatic hydroxyl groups is 1. The van der Waals surface area contributed by atoms with E-state index in [1.165, 1.54) is 0 Å². The molecule has 0 heterocycles. The van der Waals surface area contributed by atoms with E-state index in [4.69, 9.17) is 5.11 Å². The first-order chi connectivity index (χ1) is 7.13. The summed E-state index contributed by atoms with van der Waals surface area (Å²) in [5.74, 6) is -0.802. The van der Waals surface area contributed by atoms with E-state index in [-0.39, 0.29) is 18.1 Å². The Kier molecular flexibility index (Phi) is 3.92. The van der Waals surface area contributed by atoms with Crippen LogP contribution in [-0.4, -0.2) is 16.2 Å². The van der Waals surface area contributed by atoms with Crippen molar-refractivity contribution in [3.05, 3.63) is 42.5 Å². The van der Waals surface area contributed by atoms with Gasteiger partial charge in [-0.1, -0.05) is 18.2 Å². The van der Waals surface area contributed by atoms with Crippen LogP contribution in [0.3, 0.4) is 0 Å². The molecule has 0 amide bonds. The predicted octanol–water partition coefficient (Wildman–Crippen LogP) is 2.53. The number of phenols is 1. The molecule has 80 valence electrons. The zero-order valence-corrected chi connectivity index (χ0v) is 8.39. The van der Waals surface area contributed by atoms with Crippen molar-refractivity contribution in [2.45, 2.75) is 18.8 Å². The van der Waals surface area contributed by atoms with Crippen LogP contribution in [0, 0.1) is 0 Å². The van der Waals surface area contributed by atoms with Gasteiger partial charge in [0.1, 0.15) is 5.75 Å². The van der Waals surface area contributed by atoms with Crippen LogP contribution in [0.4, 0.5) is 0 Å². The fraction of sp³-hybridized carbons (Fsp3) is 0.250. The number of phenolic OH excluding ortho intramolecular Hbond substituents is 1. The molecule has 1 rings (SSSR count). The summed E-state index contributed by atoms with van der Waals surface area (Å²) in [5.41, 5.74) is 0.831. The van der Waals surface area contributed by atoms with Gasteiger partial charge in [0.25, 0.3) is 0 Å². The summed E-state index contributed by atoms with van der Waals surface area (Å²) in [4.78, 5) is 10.6. The lowest BCUT2D eigenvalue weighted by Crippen LogP contribution is -2.05. The Morgan fingerprint density at radius 1 is 1.53 bits per heavy atom. The minimum absolute atomic E-state index is 0.0511. The Balaban J connectivity index is 2.87. The van der Waals surface area contributed by atoms with Crippen molar-refractivity contribution in [2.75, 3.05) is 0 Å². The first kappa shape index (κ1) is 11.3. The van der Waals surface area contributed by atoms with Crippen LogP contribution in [0.25, 0.3) is 0 Å². The number of carbonyl (C=O) groups is 1. The number of rotatable bonds is 5. The van der Waals surface area contributed by atoms with E-state index in [1.807, 2.05) is 6.07 Å². The Labute approximate surface area is 88.7 Å². The number of benzene rings is 1. The molecular weight excluding hydrogens is 192 g/mol.